The second-order valence-corrected chi connectivity index (χ2v) is 5.64. The molecule has 0 unspecified atom stereocenters. The molecular formula is C16H19NO3. The molecule has 2 aromatic rings. The van der Waals surface area contributed by atoms with Gasteiger partial charge in [0.2, 0.25) is 0 Å². The van der Waals surface area contributed by atoms with Gasteiger partial charge >= 0.3 is 6.09 Å². The van der Waals surface area contributed by atoms with Gasteiger partial charge in [0.1, 0.15) is 5.60 Å². The Morgan fingerprint density at radius 1 is 1.25 bits per heavy atom. The first kappa shape index (κ1) is 14.3. The standard InChI is InChI=1S/C16H19NO3/c1-16(2,3)20-15(19)17-13-8-11-6-4-5-7-14(11)12(9-13)10-18/h4-9,18H,10H2,1-3H3,(H,17,19). The number of benzene rings is 2. The van der Waals surface area contributed by atoms with Crippen molar-refractivity contribution < 1.29 is 14.6 Å². The molecule has 0 bridgehead atoms. The van der Waals surface area contributed by atoms with Crippen LogP contribution in [0.25, 0.3) is 10.8 Å². The topological polar surface area (TPSA) is 58.6 Å². The number of nitrogens with one attached hydrogen (secondary N) is 1. The Kier molecular flexibility index (Phi) is 3.95. The fourth-order valence-corrected chi connectivity index (χ4v) is 2.01. The SMILES string of the molecule is CC(C)(C)OC(=O)Nc1cc(CO)c2ccccc2c1. The maximum atomic E-state index is 11.8. The van der Waals surface area contributed by atoms with E-state index in [4.69, 9.17) is 4.74 Å². The van der Waals surface area contributed by atoms with Gasteiger partial charge in [0.15, 0.2) is 0 Å². The molecule has 0 fully saturated rings. The molecule has 4 heteroatoms. The quantitative estimate of drug-likeness (QED) is 0.877. The van der Waals surface area contributed by atoms with Crippen molar-refractivity contribution in [3.63, 3.8) is 0 Å². The van der Waals surface area contributed by atoms with Crippen molar-refractivity contribution in [2.45, 2.75) is 33.0 Å². The summed E-state index contributed by atoms with van der Waals surface area (Å²) in [6, 6.07) is 11.3. The predicted molar refractivity (Wildman–Crippen MR) is 79.7 cm³/mol. The Morgan fingerprint density at radius 3 is 2.60 bits per heavy atom. The monoisotopic (exact) mass is 273 g/mol. The highest BCUT2D eigenvalue weighted by molar-refractivity contribution is 5.93. The number of anilines is 1. The second kappa shape index (κ2) is 5.51. The molecule has 0 spiro atoms. The van der Waals surface area contributed by atoms with Crippen LogP contribution in [0, 0.1) is 0 Å². The van der Waals surface area contributed by atoms with Crippen LogP contribution in [0.4, 0.5) is 10.5 Å². The maximum absolute atomic E-state index is 11.8. The molecule has 106 valence electrons. The summed E-state index contributed by atoms with van der Waals surface area (Å²) < 4.78 is 5.21. The van der Waals surface area contributed by atoms with Crippen molar-refractivity contribution in [2.75, 3.05) is 5.32 Å². The Bertz CT molecular complexity index is 629. The minimum Gasteiger partial charge on any atom is -0.444 e. The molecule has 0 radical (unpaired) electrons. The first-order valence-electron chi connectivity index (χ1n) is 6.51. The fourth-order valence-electron chi connectivity index (χ4n) is 2.01. The highest BCUT2D eigenvalue weighted by Crippen LogP contribution is 2.24. The Labute approximate surface area is 118 Å². The van der Waals surface area contributed by atoms with E-state index in [0.717, 1.165) is 16.3 Å². The lowest BCUT2D eigenvalue weighted by atomic mass is 10.0. The minimum absolute atomic E-state index is 0.0790. The van der Waals surface area contributed by atoms with Gasteiger partial charge in [-0.15, -0.1) is 0 Å². The minimum atomic E-state index is -0.541. The van der Waals surface area contributed by atoms with Crippen LogP contribution in [-0.4, -0.2) is 16.8 Å². The largest absolute Gasteiger partial charge is 0.444 e. The molecule has 1 amide bonds. The lowest BCUT2D eigenvalue weighted by molar-refractivity contribution is 0.0636. The number of ether oxygens (including phenoxy) is 1. The van der Waals surface area contributed by atoms with Gasteiger partial charge in [0.25, 0.3) is 0 Å². The van der Waals surface area contributed by atoms with Gasteiger partial charge < -0.3 is 9.84 Å². The van der Waals surface area contributed by atoms with E-state index < -0.39 is 11.7 Å². The summed E-state index contributed by atoms with van der Waals surface area (Å²) in [7, 11) is 0. The van der Waals surface area contributed by atoms with Gasteiger partial charge in [-0.05, 0) is 49.2 Å². The Hall–Kier alpha value is -2.07. The molecule has 2 N–H and O–H groups in total. The average molecular weight is 273 g/mol. The van der Waals surface area contributed by atoms with Crippen molar-refractivity contribution in [1.82, 2.24) is 0 Å². The number of aliphatic hydroxyl groups excluding tert-OH is 1. The van der Waals surface area contributed by atoms with Crippen LogP contribution >= 0.6 is 0 Å². The number of carbonyl (C=O) groups is 1. The molecule has 0 aliphatic rings. The summed E-state index contributed by atoms with van der Waals surface area (Å²) in [5.74, 6) is 0. The molecule has 4 nitrogen and oxygen atoms in total. The molecule has 0 heterocycles. The first-order valence-corrected chi connectivity index (χ1v) is 6.51. The first-order chi connectivity index (χ1) is 9.39. The molecule has 2 aromatic carbocycles. The van der Waals surface area contributed by atoms with Crippen molar-refractivity contribution >= 4 is 22.6 Å². The summed E-state index contributed by atoms with van der Waals surface area (Å²) in [6.07, 6.45) is -0.503. The maximum Gasteiger partial charge on any atom is 0.412 e. The van der Waals surface area contributed by atoms with E-state index in [2.05, 4.69) is 5.32 Å². The zero-order valence-corrected chi connectivity index (χ0v) is 11.9. The second-order valence-electron chi connectivity index (χ2n) is 5.64. The zero-order valence-electron chi connectivity index (χ0n) is 11.9. The normalized spacial score (nSPS) is 11.4. The van der Waals surface area contributed by atoms with Crippen LogP contribution < -0.4 is 5.32 Å². The van der Waals surface area contributed by atoms with Gasteiger partial charge in [-0.25, -0.2) is 4.79 Å². The van der Waals surface area contributed by atoms with E-state index in [-0.39, 0.29) is 6.61 Å². The van der Waals surface area contributed by atoms with E-state index in [1.807, 2.05) is 51.1 Å². The smallest absolute Gasteiger partial charge is 0.412 e. The molecule has 0 aliphatic heterocycles. The summed E-state index contributed by atoms with van der Waals surface area (Å²) in [4.78, 5) is 11.8. The van der Waals surface area contributed by atoms with Crippen LogP contribution in [0.1, 0.15) is 26.3 Å². The molecule has 20 heavy (non-hydrogen) atoms. The van der Waals surface area contributed by atoms with Crippen molar-refractivity contribution in [1.29, 1.82) is 0 Å². The molecule has 0 atom stereocenters. The summed E-state index contributed by atoms with van der Waals surface area (Å²) >= 11 is 0. The van der Waals surface area contributed by atoms with Gasteiger partial charge in [-0.3, -0.25) is 5.32 Å². The number of amides is 1. The van der Waals surface area contributed by atoms with Gasteiger partial charge in [-0.1, -0.05) is 24.3 Å². The van der Waals surface area contributed by atoms with E-state index in [1.165, 1.54) is 0 Å². The van der Waals surface area contributed by atoms with Crippen LogP contribution in [0.15, 0.2) is 36.4 Å². The summed E-state index contributed by atoms with van der Waals surface area (Å²) in [6.45, 7) is 5.36. The Balaban J connectivity index is 2.29. The number of aliphatic hydroxyl groups is 1. The number of hydrogen-bond donors (Lipinski definition) is 2. The molecule has 2 rings (SSSR count). The number of carbonyl (C=O) groups excluding carboxylic acids is 1. The van der Waals surface area contributed by atoms with E-state index in [1.54, 1.807) is 6.07 Å². The third-order valence-electron chi connectivity index (χ3n) is 2.76. The highest BCUT2D eigenvalue weighted by atomic mass is 16.6. The fraction of sp³-hybridized carbons (Fsp3) is 0.312. The number of rotatable bonds is 2. The third-order valence-corrected chi connectivity index (χ3v) is 2.76. The van der Waals surface area contributed by atoms with Crippen LogP contribution in [0.3, 0.4) is 0 Å². The van der Waals surface area contributed by atoms with Crippen LogP contribution in [0.5, 0.6) is 0 Å². The third kappa shape index (κ3) is 3.48. The zero-order chi connectivity index (χ0) is 14.8. The van der Waals surface area contributed by atoms with Crippen molar-refractivity contribution in [3.8, 4) is 0 Å². The summed E-state index contributed by atoms with van der Waals surface area (Å²) in [5.41, 5.74) is 0.844. The lowest BCUT2D eigenvalue weighted by Crippen LogP contribution is -2.27. The van der Waals surface area contributed by atoms with E-state index in [9.17, 15) is 9.90 Å². The highest BCUT2D eigenvalue weighted by Gasteiger charge is 2.16. The molecule has 0 saturated carbocycles. The van der Waals surface area contributed by atoms with Crippen LogP contribution in [-0.2, 0) is 11.3 Å². The average Bonchev–Trinajstić information content (AvgIpc) is 2.35. The van der Waals surface area contributed by atoms with Crippen molar-refractivity contribution in [3.05, 3.63) is 42.0 Å². The van der Waals surface area contributed by atoms with Crippen molar-refractivity contribution in [2.24, 2.45) is 0 Å². The number of fused-ring (bicyclic) bond motifs is 1. The van der Waals surface area contributed by atoms with E-state index >= 15 is 0 Å². The lowest BCUT2D eigenvalue weighted by Gasteiger charge is -2.20. The Morgan fingerprint density at radius 2 is 1.95 bits per heavy atom. The van der Waals surface area contributed by atoms with Crippen LogP contribution in [0.2, 0.25) is 0 Å². The van der Waals surface area contributed by atoms with Gasteiger partial charge in [-0.2, -0.15) is 0 Å². The molecule has 0 aliphatic carbocycles. The van der Waals surface area contributed by atoms with E-state index in [0.29, 0.717) is 5.69 Å². The molecular weight excluding hydrogens is 254 g/mol. The van der Waals surface area contributed by atoms with Gasteiger partial charge in [0.05, 0.1) is 6.61 Å². The molecule has 0 saturated heterocycles. The molecule has 0 aromatic heterocycles. The number of hydrogen-bond acceptors (Lipinski definition) is 3. The predicted octanol–water partition coefficient (Wildman–Crippen LogP) is 3.68. The van der Waals surface area contributed by atoms with Gasteiger partial charge in [0, 0.05) is 5.69 Å². The summed E-state index contributed by atoms with van der Waals surface area (Å²) in [5, 5.41) is 14.1.